The number of amides is 1. The molecule has 8 heteroatoms. The summed E-state index contributed by atoms with van der Waals surface area (Å²) in [5.41, 5.74) is 5.39. The van der Waals surface area contributed by atoms with Crippen molar-refractivity contribution in [2.24, 2.45) is 11.7 Å². The van der Waals surface area contributed by atoms with Crippen molar-refractivity contribution < 1.29 is 14.3 Å². The Morgan fingerprint density at radius 1 is 1.14 bits per heavy atom. The van der Waals surface area contributed by atoms with Crippen LogP contribution in [0.5, 0.6) is 17.4 Å². The summed E-state index contributed by atoms with van der Waals surface area (Å²) < 4.78 is 11.2. The van der Waals surface area contributed by atoms with Gasteiger partial charge in [0.05, 0.1) is 0 Å². The van der Waals surface area contributed by atoms with Crippen LogP contribution < -0.4 is 20.5 Å². The van der Waals surface area contributed by atoms with Crippen molar-refractivity contribution in [3.8, 4) is 17.4 Å². The molecule has 0 bridgehead atoms. The Kier molecular flexibility index (Phi) is 11.5. The van der Waals surface area contributed by atoms with Gasteiger partial charge in [-0.25, -0.2) is 4.98 Å². The van der Waals surface area contributed by atoms with Crippen LogP contribution in [-0.4, -0.2) is 29.6 Å². The maximum absolute atomic E-state index is 12.2. The Morgan fingerprint density at radius 2 is 1.79 bits per heavy atom. The third-order valence-electron chi connectivity index (χ3n) is 3.80. The van der Waals surface area contributed by atoms with E-state index in [9.17, 15) is 4.79 Å². The Labute approximate surface area is 179 Å². The first-order valence-corrected chi connectivity index (χ1v) is 8.73. The average Bonchev–Trinajstić information content (AvgIpc) is 2.61. The molecular formula is C20H29Cl2N3O3. The van der Waals surface area contributed by atoms with Crippen LogP contribution in [0.15, 0.2) is 48.7 Å². The number of halogens is 2. The number of ether oxygens (including phenoxy) is 2. The van der Waals surface area contributed by atoms with Crippen molar-refractivity contribution in [1.29, 1.82) is 0 Å². The molecule has 0 aliphatic heterocycles. The fourth-order valence-electron chi connectivity index (χ4n) is 2.74. The molecule has 0 saturated carbocycles. The highest BCUT2D eigenvalue weighted by atomic mass is 35.5. The first-order valence-electron chi connectivity index (χ1n) is 8.73. The van der Waals surface area contributed by atoms with Gasteiger partial charge in [-0.2, -0.15) is 0 Å². The Balaban J connectivity index is 0.00000364. The molecule has 1 unspecified atom stereocenters. The normalized spacial score (nSPS) is 12.2. The molecule has 156 valence electrons. The van der Waals surface area contributed by atoms with Crippen LogP contribution in [0, 0.1) is 5.92 Å². The highest BCUT2D eigenvalue weighted by Gasteiger charge is 2.25. The molecule has 0 aliphatic rings. The Bertz CT molecular complexity index is 700. The maximum atomic E-state index is 12.2. The van der Waals surface area contributed by atoms with E-state index in [2.05, 4.69) is 24.1 Å². The van der Waals surface area contributed by atoms with Crippen LogP contribution in [-0.2, 0) is 4.79 Å². The zero-order chi connectivity index (χ0) is 19.0. The predicted molar refractivity (Wildman–Crippen MR) is 116 cm³/mol. The molecule has 0 radical (unpaired) electrons. The SMILES string of the molecule is CC(C)CC(C)(CN)NC(=O)COc1ccc(Oc2ccccn2)cc1.Cl.Cl. The van der Waals surface area contributed by atoms with E-state index >= 15 is 0 Å². The minimum Gasteiger partial charge on any atom is -0.484 e. The summed E-state index contributed by atoms with van der Waals surface area (Å²) in [4.78, 5) is 16.3. The fraction of sp³-hybridized carbons (Fsp3) is 0.400. The number of rotatable bonds is 9. The van der Waals surface area contributed by atoms with Gasteiger partial charge >= 0.3 is 0 Å². The predicted octanol–water partition coefficient (Wildman–Crippen LogP) is 3.98. The summed E-state index contributed by atoms with van der Waals surface area (Å²) in [6, 6.07) is 12.5. The molecule has 1 aromatic heterocycles. The number of carbonyl (C=O) groups excluding carboxylic acids is 1. The molecule has 0 spiro atoms. The summed E-state index contributed by atoms with van der Waals surface area (Å²) in [6.45, 7) is 6.48. The van der Waals surface area contributed by atoms with E-state index in [1.54, 1.807) is 36.5 Å². The lowest BCUT2D eigenvalue weighted by molar-refractivity contribution is -0.125. The highest BCUT2D eigenvalue weighted by molar-refractivity contribution is 5.85. The second-order valence-corrected chi connectivity index (χ2v) is 6.94. The number of pyridine rings is 1. The Morgan fingerprint density at radius 3 is 2.32 bits per heavy atom. The number of nitrogens with one attached hydrogen (secondary N) is 1. The first-order chi connectivity index (χ1) is 12.4. The zero-order valence-electron chi connectivity index (χ0n) is 16.4. The number of hydrogen-bond acceptors (Lipinski definition) is 5. The summed E-state index contributed by atoms with van der Waals surface area (Å²) >= 11 is 0. The van der Waals surface area contributed by atoms with E-state index in [4.69, 9.17) is 15.2 Å². The quantitative estimate of drug-likeness (QED) is 0.629. The second kappa shape index (κ2) is 12.4. The minimum absolute atomic E-state index is 0. The molecule has 0 fully saturated rings. The number of hydrogen-bond donors (Lipinski definition) is 2. The van der Waals surface area contributed by atoms with Crippen LogP contribution in [0.2, 0.25) is 0 Å². The van der Waals surface area contributed by atoms with E-state index in [1.165, 1.54) is 0 Å². The zero-order valence-corrected chi connectivity index (χ0v) is 18.0. The lowest BCUT2D eigenvalue weighted by Gasteiger charge is -2.31. The van der Waals surface area contributed by atoms with Gasteiger partial charge in [0.25, 0.3) is 5.91 Å². The number of nitrogens with zero attached hydrogens (tertiary/aromatic N) is 1. The number of nitrogens with two attached hydrogens (primary N) is 1. The van der Waals surface area contributed by atoms with Gasteiger partial charge in [0, 0.05) is 24.3 Å². The van der Waals surface area contributed by atoms with Gasteiger partial charge in [0.2, 0.25) is 5.88 Å². The van der Waals surface area contributed by atoms with Gasteiger partial charge in [-0.3, -0.25) is 4.79 Å². The van der Waals surface area contributed by atoms with Gasteiger partial charge < -0.3 is 20.5 Å². The molecule has 2 rings (SSSR count). The van der Waals surface area contributed by atoms with Crippen molar-refractivity contribution in [3.05, 3.63) is 48.7 Å². The van der Waals surface area contributed by atoms with E-state index in [0.29, 0.717) is 29.8 Å². The molecule has 3 N–H and O–H groups in total. The molecule has 28 heavy (non-hydrogen) atoms. The van der Waals surface area contributed by atoms with E-state index in [1.807, 2.05) is 19.1 Å². The molecular weight excluding hydrogens is 401 g/mol. The second-order valence-electron chi connectivity index (χ2n) is 6.94. The van der Waals surface area contributed by atoms with Crippen molar-refractivity contribution in [3.63, 3.8) is 0 Å². The van der Waals surface area contributed by atoms with E-state index in [0.717, 1.165) is 6.42 Å². The van der Waals surface area contributed by atoms with Crippen LogP contribution in [0.1, 0.15) is 27.2 Å². The van der Waals surface area contributed by atoms with Crippen molar-refractivity contribution in [2.75, 3.05) is 13.2 Å². The van der Waals surface area contributed by atoms with E-state index < -0.39 is 5.54 Å². The molecule has 0 aliphatic carbocycles. The maximum Gasteiger partial charge on any atom is 0.258 e. The molecule has 0 saturated heterocycles. The fourth-order valence-corrected chi connectivity index (χ4v) is 2.74. The number of benzene rings is 1. The van der Waals surface area contributed by atoms with Gasteiger partial charge in [0.1, 0.15) is 11.5 Å². The van der Waals surface area contributed by atoms with Crippen LogP contribution in [0.3, 0.4) is 0 Å². The van der Waals surface area contributed by atoms with Gasteiger partial charge in [-0.15, -0.1) is 24.8 Å². The molecule has 1 amide bonds. The van der Waals surface area contributed by atoms with Gasteiger partial charge in [0.15, 0.2) is 6.61 Å². The standard InChI is InChI=1S/C20H27N3O3.2ClH/c1-15(2)12-20(3,14-21)23-18(24)13-25-16-7-9-17(10-8-16)26-19-6-4-5-11-22-19;;/h4-11,15H,12-14,21H2,1-3H3,(H,23,24);2*1H. The van der Waals surface area contributed by atoms with E-state index in [-0.39, 0.29) is 37.3 Å². The first kappa shape index (κ1) is 26.0. The molecule has 1 heterocycles. The largest absolute Gasteiger partial charge is 0.484 e. The van der Waals surface area contributed by atoms with Crippen LogP contribution in [0.4, 0.5) is 0 Å². The lowest BCUT2D eigenvalue weighted by atomic mass is 9.91. The highest BCUT2D eigenvalue weighted by Crippen LogP contribution is 2.22. The van der Waals surface area contributed by atoms with Crippen molar-refractivity contribution >= 4 is 30.7 Å². The average molecular weight is 430 g/mol. The van der Waals surface area contributed by atoms with Gasteiger partial charge in [-0.1, -0.05) is 19.9 Å². The minimum atomic E-state index is -0.422. The smallest absolute Gasteiger partial charge is 0.258 e. The summed E-state index contributed by atoms with van der Waals surface area (Å²) in [5, 5.41) is 2.97. The lowest BCUT2D eigenvalue weighted by Crippen LogP contribution is -2.53. The summed E-state index contributed by atoms with van der Waals surface area (Å²) in [6.07, 6.45) is 2.48. The monoisotopic (exact) mass is 429 g/mol. The third kappa shape index (κ3) is 8.78. The third-order valence-corrected chi connectivity index (χ3v) is 3.80. The van der Waals surface area contributed by atoms with Crippen molar-refractivity contribution in [2.45, 2.75) is 32.7 Å². The van der Waals surface area contributed by atoms with Crippen LogP contribution >= 0.6 is 24.8 Å². The number of carbonyl (C=O) groups is 1. The molecule has 6 nitrogen and oxygen atoms in total. The molecule has 1 aromatic carbocycles. The van der Waals surface area contributed by atoms with Crippen molar-refractivity contribution in [1.82, 2.24) is 10.3 Å². The number of aromatic nitrogens is 1. The summed E-state index contributed by atoms with van der Waals surface area (Å²) in [5.74, 6) is 2.01. The topological polar surface area (TPSA) is 86.5 Å². The molecule has 2 aromatic rings. The molecule has 1 atom stereocenters. The Hall–Kier alpha value is -2.02. The summed E-state index contributed by atoms with van der Waals surface area (Å²) in [7, 11) is 0. The van der Waals surface area contributed by atoms with Crippen LogP contribution in [0.25, 0.3) is 0 Å². The van der Waals surface area contributed by atoms with Gasteiger partial charge in [-0.05, 0) is 49.6 Å².